The topological polar surface area (TPSA) is 30.5 Å². The van der Waals surface area contributed by atoms with Gasteiger partial charge in [0.1, 0.15) is 0 Å². The summed E-state index contributed by atoms with van der Waals surface area (Å²) in [6.07, 6.45) is 6.23. The summed E-state index contributed by atoms with van der Waals surface area (Å²) in [7, 11) is 5.43. The summed E-state index contributed by atoms with van der Waals surface area (Å²) in [6, 6.07) is 4.32. The van der Waals surface area contributed by atoms with Crippen LogP contribution in [0.3, 0.4) is 0 Å². The first-order valence-electron chi connectivity index (χ1n) is 7.16. The van der Waals surface area contributed by atoms with E-state index in [-0.39, 0.29) is 0 Å². The maximum atomic E-state index is 5.40. The number of fused-ring (bicyclic) bond motifs is 1. The van der Waals surface area contributed by atoms with Gasteiger partial charge >= 0.3 is 0 Å². The Morgan fingerprint density at radius 1 is 1.16 bits per heavy atom. The van der Waals surface area contributed by atoms with Crippen molar-refractivity contribution in [3.05, 3.63) is 23.3 Å². The van der Waals surface area contributed by atoms with Crippen LogP contribution in [-0.4, -0.2) is 27.8 Å². The Kier molecular flexibility index (Phi) is 5.08. The molecule has 1 aliphatic carbocycles. The molecule has 0 bridgehead atoms. The van der Waals surface area contributed by atoms with Gasteiger partial charge in [-0.15, -0.1) is 0 Å². The number of hydrogen-bond acceptors (Lipinski definition) is 3. The zero-order valence-corrected chi connectivity index (χ0v) is 12.3. The number of ether oxygens (including phenoxy) is 2. The van der Waals surface area contributed by atoms with Crippen molar-refractivity contribution in [1.82, 2.24) is 5.32 Å². The number of benzene rings is 1. The molecular weight excluding hydrogens is 238 g/mol. The summed E-state index contributed by atoms with van der Waals surface area (Å²) in [5.41, 5.74) is 2.88. The van der Waals surface area contributed by atoms with Crippen molar-refractivity contribution >= 4 is 0 Å². The molecule has 1 aliphatic rings. The number of rotatable bonds is 6. The highest BCUT2D eigenvalue weighted by Crippen LogP contribution is 2.36. The molecular formula is C16H25NO2. The molecule has 1 N–H and O–H groups in total. The molecule has 0 aliphatic heterocycles. The lowest BCUT2D eigenvalue weighted by Gasteiger charge is -2.25. The Morgan fingerprint density at radius 2 is 1.84 bits per heavy atom. The largest absolute Gasteiger partial charge is 0.493 e. The van der Waals surface area contributed by atoms with Gasteiger partial charge in [-0.1, -0.05) is 0 Å². The highest BCUT2D eigenvalue weighted by atomic mass is 16.5. The summed E-state index contributed by atoms with van der Waals surface area (Å²) in [6.45, 7) is 1.12. The monoisotopic (exact) mass is 263 g/mol. The van der Waals surface area contributed by atoms with Crippen LogP contribution < -0.4 is 14.8 Å². The second kappa shape index (κ2) is 6.80. The SMILES string of the molecule is CNCCCC1CCc2cc(OC)c(OC)cc2C1. The van der Waals surface area contributed by atoms with Crippen LogP contribution in [0.15, 0.2) is 12.1 Å². The fraction of sp³-hybridized carbons (Fsp3) is 0.625. The zero-order chi connectivity index (χ0) is 13.7. The summed E-state index contributed by atoms with van der Waals surface area (Å²) >= 11 is 0. The normalized spacial score (nSPS) is 17.9. The van der Waals surface area contributed by atoms with Crippen LogP contribution in [0.5, 0.6) is 11.5 Å². The van der Waals surface area contributed by atoms with Gasteiger partial charge < -0.3 is 14.8 Å². The van der Waals surface area contributed by atoms with Crippen LogP contribution in [0, 0.1) is 5.92 Å². The summed E-state index contributed by atoms with van der Waals surface area (Å²) < 4.78 is 10.8. The van der Waals surface area contributed by atoms with E-state index in [1.54, 1.807) is 14.2 Å². The second-order valence-corrected chi connectivity index (χ2v) is 5.33. The molecule has 0 amide bonds. The minimum absolute atomic E-state index is 0.818. The minimum atomic E-state index is 0.818. The van der Waals surface area contributed by atoms with Crippen molar-refractivity contribution in [1.29, 1.82) is 0 Å². The van der Waals surface area contributed by atoms with Crippen LogP contribution in [0.2, 0.25) is 0 Å². The highest BCUT2D eigenvalue weighted by Gasteiger charge is 2.20. The van der Waals surface area contributed by atoms with E-state index in [1.165, 1.54) is 43.2 Å². The maximum absolute atomic E-state index is 5.40. The van der Waals surface area contributed by atoms with Gasteiger partial charge in [-0.3, -0.25) is 0 Å². The predicted molar refractivity (Wildman–Crippen MR) is 78.2 cm³/mol. The van der Waals surface area contributed by atoms with E-state index in [4.69, 9.17) is 9.47 Å². The molecule has 0 aromatic heterocycles. The van der Waals surface area contributed by atoms with E-state index in [9.17, 15) is 0 Å². The Balaban J connectivity index is 2.07. The molecule has 19 heavy (non-hydrogen) atoms. The molecule has 3 heteroatoms. The van der Waals surface area contributed by atoms with E-state index in [2.05, 4.69) is 17.4 Å². The van der Waals surface area contributed by atoms with Gasteiger partial charge in [0.05, 0.1) is 14.2 Å². The van der Waals surface area contributed by atoms with Crippen LogP contribution in [-0.2, 0) is 12.8 Å². The predicted octanol–water partition coefficient (Wildman–Crippen LogP) is 2.81. The lowest BCUT2D eigenvalue weighted by Crippen LogP contribution is -2.17. The number of aryl methyl sites for hydroxylation is 1. The molecule has 2 rings (SSSR count). The molecule has 0 saturated heterocycles. The third kappa shape index (κ3) is 3.41. The van der Waals surface area contributed by atoms with Gasteiger partial charge in [0.25, 0.3) is 0 Å². The molecule has 106 valence electrons. The summed E-state index contributed by atoms with van der Waals surface area (Å²) in [5.74, 6) is 2.53. The van der Waals surface area contributed by atoms with Crippen molar-refractivity contribution in [2.24, 2.45) is 5.92 Å². The van der Waals surface area contributed by atoms with E-state index in [0.717, 1.165) is 24.0 Å². The molecule has 3 nitrogen and oxygen atoms in total. The van der Waals surface area contributed by atoms with Gasteiger partial charge in [0, 0.05) is 0 Å². The third-order valence-electron chi connectivity index (χ3n) is 4.08. The number of methoxy groups -OCH3 is 2. The van der Waals surface area contributed by atoms with Crippen LogP contribution in [0.4, 0.5) is 0 Å². The molecule has 0 radical (unpaired) electrons. The smallest absolute Gasteiger partial charge is 0.161 e. The molecule has 1 aromatic carbocycles. The Bertz CT molecular complexity index is 417. The van der Waals surface area contributed by atoms with E-state index in [0.29, 0.717) is 0 Å². The third-order valence-corrected chi connectivity index (χ3v) is 4.08. The fourth-order valence-electron chi connectivity index (χ4n) is 2.97. The van der Waals surface area contributed by atoms with E-state index >= 15 is 0 Å². The van der Waals surface area contributed by atoms with Crippen LogP contribution >= 0.6 is 0 Å². The second-order valence-electron chi connectivity index (χ2n) is 5.33. The minimum Gasteiger partial charge on any atom is -0.493 e. The van der Waals surface area contributed by atoms with Crippen molar-refractivity contribution in [3.8, 4) is 11.5 Å². The zero-order valence-electron chi connectivity index (χ0n) is 12.3. The Hall–Kier alpha value is -1.22. The van der Waals surface area contributed by atoms with Crippen LogP contribution in [0.1, 0.15) is 30.4 Å². The maximum Gasteiger partial charge on any atom is 0.161 e. The molecule has 1 unspecified atom stereocenters. The first-order valence-corrected chi connectivity index (χ1v) is 7.16. The van der Waals surface area contributed by atoms with Gasteiger partial charge in [0.2, 0.25) is 0 Å². The van der Waals surface area contributed by atoms with Crippen molar-refractivity contribution in [3.63, 3.8) is 0 Å². The summed E-state index contributed by atoms with van der Waals surface area (Å²) in [4.78, 5) is 0. The Labute approximate surface area is 116 Å². The first kappa shape index (κ1) is 14.2. The highest BCUT2D eigenvalue weighted by molar-refractivity contribution is 5.48. The fourth-order valence-corrected chi connectivity index (χ4v) is 2.97. The first-order chi connectivity index (χ1) is 9.28. The van der Waals surface area contributed by atoms with E-state index in [1.807, 2.05) is 7.05 Å². The average molecular weight is 263 g/mol. The lowest BCUT2D eigenvalue weighted by atomic mass is 9.81. The van der Waals surface area contributed by atoms with Gasteiger partial charge in [-0.2, -0.15) is 0 Å². The van der Waals surface area contributed by atoms with Gasteiger partial charge in [-0.05, 0) is 74.9 Å². The number of nitrogens with one attached hydrogen (secondary N) is 1. The Morgan fingerprint density at radius 3 is 2.47 bits per heavy atom. The molecule has 1 atom stereocenters. The molecule has 0 heterocycles. The number of hydrogen-bond donors (Lipinski definition) is 1. The lowest BCUT2D eigenvalue weighted by molar-refractivity contribution is 0.350. The average Bonchev–Trinajstić information content (AvgIpc) is 2.46. The quantitative estimate of drug-likeness (QED) is 0.801. The van der Waals surface area contributed by atoms with Gasteiger partial charge in [-0.25, -0.2) is 0 Å². The summed E-state index contributed by atoms with van der Waals surface area (Å²) in [5, 5.41) is 3.22. The van der Waals surface area contributed by atoms with Crippen LogP contribution in [0.25, 0.3) is 0 Å². The van der Waals surface area contributed by atoms with Gasteiger partial charge in [0.15, 0.2) is 11.5 Å². The molecule has 0 spiro atoms. The standard InChI is InChI=1S/C16H25NO2/c1-17-8-4-5-12-6-7-13-10-15(18-2)16(19-3)11-14(13)9-12/h10-12,17H,4-9H2,1-3H3. The molecule has 0 fully saturated rings. The van der Waals surface area contributed by atoms with E-state index < -0.39 is 0 Å². The van der Waals surface area contributed by atoms with Crippen molar-refractivity contribution in [2.45, 2.75) is 32.1 Å². The van der Waals surface area contributed by atoms with Crippen molar-refractivity contribution in [2.75, 3.05) is 27.8 Å². The molecule has 0 saturated carbocycles. The van der Waals surface area contributed by atoms with Crippen molar-refractivity contribution < 1.29 is 9.47 Å². The molecule has 1 aromatic rings.